The number of rotatable bonds is 5. The average Bonchev–Trinajstić information content (AvgIpc) is 2.49. The van der Waals surface area contributed by atoms with Gasteiger partial charge in [0.15, 0.2) is 0 Å². The van der Waals surface area contributed by atoms with E-state index in [0.29, 0.717) is 10.9 Å². The van der Waals surface area contributed by atoms with E-state index in [9.17, 15) is 0 Å². The third-order valence-corrected chi connectivity index (χ3v) is 3.37. The average molecular weight is 293 g/mol. The Bertz CT molecular complexity index is 591. The topological polar surface area (TPSA) is 73.1 Å². The Labute approximate surface area is 123 Å². The van der Waals surface area contributed by atoms with Crippen LogP contribution in [0, 0.1) is 0 Å². The number of para-hydroxylation sites is 1. The van der Waals surface area contributed by atoms with E-state index >= 15 is 0 Å². The summed E-state index contributed by atoms with van der Waals surface area (Å²) in [6, 6.07) is 7.84. The van der Waals surface area contributed by atoms with Gasteiger partial charge in [0, 0.05) is 0 Å². The molecule has 1 aromatic carbocycles. The highest BCUT2D eigenvalue weighted by Gasteiger charge is 2.13. The standard InChI is InChI=1S/C14H17ClN4O/c1-3-9(2)10-6-4-5-7-12(10)20-13-11(15)8-17-14(18-13)19-16/h4-9H,3,16H2,1-2H3,(H,17,18,19). The molecule has 5 nitrogen and oxygen atoms in total. The molecular formula is C14H17ClN4O. The number of hydrogen-bond donors (Lipinski definition) is 2. The van der Waals surface area contributed by atoms with Crippen molar-refractivity contribution in [3.05, 3.63) is 41.0 Å². The normalized spacial score (nSPS) is 12.0. The molecule has 20 heavy (non-hydrogen) atoms. The van der Waals surface area contributed by atoms with Crippen LogP contribution in [0.4, 0.5) is 5.95 Å². The van der Waals surface area contributed by atoms with Crippen LogP contribution in [0.3, 0.4) is 0 Å². The molecular weight excluding hydrogens is 276 g/mol. The lowest BCUT2D eigenvalue weighted by atomic mass is 9.98. The van der Waals surface area contributed by atoms with Gasteiger partial charge in [0.05, 0.1) is 6.20 Å². The molecule has 0 spiro atoms. The van der Waals surface area contributed by atoms with Crippen LogP contribution < -0.4 is 16.0 Å². The minimum atomic E-state index is 0.255. The van der Waals surface area contributed by atoms with Crippen molar-refractivity contribution in [1.82, 2.24) is 9.97 Å². The zero-order valence-corrected chi connectivity index (χ0v) is 12.2. The van der Waals surface area contributed by atoms with Crippen molar-refractivity contribution in [1.29, 1.82) is 0 Å². The minimum Gasteiger partial charge on any atom is -0.437 e. The molecule has 0 fully saturated rings. The van der Waals surface area contributed by atoms with E-state index in [4.69, 9.17) is 22.2 Å². The van der Waals surface area contributed by atoms with Crippen LogP contribution in [0.5, 0.6) is 11.6 Å². The van der Waals surface area contributed by atoms with Crippen LogP contribution in [0.25, 0.3) is 0 Å². The van der Waals surface area contributed by atoms with Crippen LogP contribution >= 0.6 is 11.6 Å². The van der Waals surface area contributed by atoms with Crippen molar-refractivity contribution >= 4 is 17.5 Å². The monoisotopic (exact) mass is 292 g/mol. The van der Waals surface area contributed by atoms with Gasteiger partial charge in [-0.25, -0.2) is 10.8 Å². The first-order valence-electron chi connectivity index (χ1n) is 6.41. The van der Waals surface area contributed by atoms with Crippen molar-refractivity contribution in [2.75, 3.05) is 5.43 Å². The largest absolute Gasteiger partial charge is 0.437 e. The van der Waals surface area contributed by atoms with Gasteiger partial charge in [-0.05, 0) is 24.0 Å². The van der Waals surface area contributed by atoms with E-state index in [2.05, 4.69) is 29.2 Å². The smallest absolute Gasteiger partial charge is 0.243 e. The van der Waals surface area contributed by atoms with Gasteiger partial charge in [-0.1, -0.05) is 43.6 Å². The lowest BCUT2D eigenvalue weighted by Gasteiger charge is -2.15. The van der Waals surface area contributed by atoms with E-state index in [-0.39, 0.29) is 11.8 Å². The summed E-state index contributed by atoms with van der Waals surface area (Å²) >= 11 is 6.05. The third kappa shape index (κ3) is 3.18. The molecule has 0 aliphatic heterocycles. The van der Waals surface area contributed by atoms with E-state index in [1.54, 1.807) is 0 Å². The SMILES string of the molecule is CCC(C)c1ccccc1Oc1nc(NN)ncc1Cl. The van der Waals surface area contributed by atoms with Crippen LogP contribution in [0.2, 0.25) is 5.02 Å². The maximum atomic E-state index is 6.05. The molecule has 0 saturated heterocycles. The molecule has 0 amide bonds. The Morgan fingerprint density at radius 1 is 1.40 bits per heavy atom. The van der Waals surface area contributed by atoms with Gasteiger partial charge < -0.3 is 4.74 Å². The maximum Gasteiger partial charge on any atom is 0.243 e. The van der Waals surface area contributed by atoms with Crippen molar-refractivity contribution in [3.8, 4) is 11.6 Å². The molecule has 1 aromatic heterocycles. The molecule has 1 unspecified atom stereocenters. The van der Waals surface area contributed by atoms with Crippen molar-refractivity contribution in [3.63, 3.8) is 0 Å². The number of nitrogens with two attached hydrogens (primary N) is 1. The number of hydrogen-bond acceptors (Lipinski definition) is 5. The molecule has 0 saturated carbocycles. The first-order chi connectivity index (χ1) is 9.65. The van der Waals surface area contributed by atoms with Crippen molar-refractivity contribution in [2.45, 2.75) is 26.2 Å². The summed E-state index contributed by atoms with van der Waals surface area (Å²) in [5.41, 5.74) is 3.49. The van der Waals surface area contributed by atoms with Gasteiger partial charge in [-0.2, -0.15) is 4.98 Å². The molecule has 0 aliphatic rings. The number of nitrogens with one attached hydrogen (secondary N) is 1. The number of ether oxygens (including phenoxy) is 1. The zero-order valence-electron chi connectivity index (χ0n) is 11.4. The maximum absolute atomic E-state index is 6.05. The molecule has 6 heteroatoms. The van der Waals surface area contributed by atoms with Gasteiger partial charge in [-0.3, -0.25) is 5.43 Å². The van der Waals surface area contributed by atoms with Crippen LogP contribution in [-0.2, 0) is 0 Å². The Kier molecular flexibility index (Phi) is 4.76. The predicted octanol–water partition coefficient (Wildman–Crippen LogP) is 3.72. The number of halogens is 1. The molecule has 0 aliphatic carbocycles. The van der Waals surface area contributed by atoms with Crippen LogP contribution in [0.1, 0.15) is 31.7 Å². The zero-order chi connectivity index (χ0) is 14.5. The predicted molar refractivity (Wildman–Crippen MR) is 80.1 cm³/mol. The number of aromatic nitrogens is 2. The van der Waals surface area contributed by atoms with E-state index < -0.39 is 0 Å². The van der Waals surface area contributed by atoms with E-state index in [0.717, 1.165) is 17.7 Å². The summed E-state index contributed by atoms with van der Waals surface area (Å²) in [7, 11) is 0. The van der Waals surface area contributed by atoms with Gasteiger partial charge in [0.2, 0.25) is 11.8 Å². The lowest BCUT2D eigenvalue weighted by Crippen LogP contribution is -2.10. The van der Waals surface area contributed by atoms with E-state index in [1.165, 1.54) is 6.20 Å². The van der Waals surface area contributed by atoms with Gasteiger partial charge >= 0.3 is 0 Å². The second kappa shape index (κ2) is 6.54. The fourth-order valence-corrected chi connectivity index (χ4v) is 1.93. The first kappa shape index (κ1) is 14.6. The minimum absolute atomic E-state index is 0.255. The highest BCUT2D eigenvalue weighted by Crippen LogP contribution is 2.33. The molecule has 2 aromatic rings. The summed E-state index contributed by atoms with van der Waals surface area (Å²) in [6.45, 7) is 4.28. The fraction of sp³-hybridized carbons (Fsp3) is 0.286. The summed E-state index contributed by atoms with van der Waals surface area (Å²) < 4.78 is 5.83. The molecule has 0 bridgehead atoms. The second-order valence-electron chi connectivity index (χ2n) is 4.44. The number of nitrogens with zero attached hydrogens (tertiary/aromatic N) is 2. The highest BCUT2D eigenvalue weighted by atomic mass is 35.5. The second-order valence-corrected chi connectivity index (χ2v) is 4.85. The molecule has 2 rings (SSSR count). The lowest BCUT2D eigenvalue weighted by molar-refractivity contribution is 0.452. The van der Waals surface area contributed by atoms with E-state index in [1.807, 2.05) is 24.3 Å². The Balaban J connectivity index is 2.35. The Morgan fingerprint density at radius 2 is 2.15 bits per heavy atom. The molecule has 1 atom stereocenters. The van der Waals surface area contributed by atoms with Crippen LogP contribution in [-0.4, -0.2) is 9.97 Å². The summed E-state index contributed by atoms with van der Waals surface area (Å²) in [5, 5.41) is 0.336. The molecule has 106 valence electrons. The van der Waals surface area contributed by atoms with Crippen molar-refractivity contribution < 1.29 is 4.74 Å². The van der Waals surface area contributed by atoms with Gasteiger partial charge in [0.25, 0.3) is 0 Å². The molecule has 3 N–H and O–H groups in total. The highest BCUT2D eigenvalue weighted by molar-refractivity contribution is 6.31. The molecule has 0 radical (unpaired) electrons. The summed E-state index contributed by atoms with van der Waals surface area (Å²) in [6.07, 6.45) is 2.47. The van der Waals surface area contributed by atoms with Crippen molar-refractivity contribution in [2.24, 2.45) is 5.84 Å². The first-order valence-corrected chi connectivity index (χ1v) is 6.79. The molecule has 1 heterocycles. The Morgan fingerprint density at radius 3 is 2.85 bits per heavy atom. The summed E-state index contributed by atoms with van der Waals surface area (Å²) in [4.78, 5) is 8.02. The van der Waals surface area contributed by atoms with Gasteiger partial charge in [0.1, 0.15) is 10.8 Å². The number of hydrazine groups is 1. The third-order valence-electron chi connectivity index (χ3n) is 3.11. The number of nitrogen functional groups attached to an aromatic ring is 1. The quantitative estimate of drug-likeness (QED) is 0.649. The summed E-state index contributed by atoms with van der Waals surface area (Å²) in [5.74, 6) is 6.95. The number of benzene rings is 1. The fourth-order valence-electron chi connectivity index (χ4n) is 1.80. The van der Waals surface area contributed by atoms with Gasteiger partial charge in [-0.15, -0.1) is 0 Å². The Hall–Kier alpha value is -1.85. The van der Waals surface area contributed by atoms with Crippen LogP contribution in [0.15, 0.2) is 30.5 Å². The number of anilines is 1.